The van der Waals surface area contributed by atoms with Gasteiger partial charge in [-0.15, -0.1) is 0 Å². The smallest absolute Gasteiger partial charge is 0.404 e. The minimum atomic E-state index is -0.810. The van der Waals surface area contributed by atoms with Crippen molar-refractivity contribution in [3.63, 3.8) is 0 Å². The lowest BCUT2D eigenvalue weighted by molar-refractivity contribution is 0.150. The van der Waals surface area contributed by atoms with E-state index in [9.17, 15) is 4.79 Å². The molecule has 0 radical (unpaired) electrons. The van der Waals surface area contributed by atoms with Crippen molar-refractivity contribution < 1.29 is 9.53 Å². The van der Waals surface area contributed by atoms with Gasteiger partial charge >= 0.3 is 6.09 Å². The fraction of sp³-hybridized carbons (Fsp3) is 0.0714. The number of nitrogens with two attached hydrogens (primary N) is 1. The average Bonchev–Trinajstić information content (AvgIpc) is 2.45. The Bertz CT molecular complexity index is 582. The van der Waals surface area contributed by atoms with E-state index in [-0.39, 0.29) is 6.61 Å². The lowest BCUT2D eigenvalue weighted by Crippen LogP contribution is -2.12. The highest BCUT2D eigenvalue weighted by Crippen LogP contribution is 2.22. The monoisotopic (exact) mass is 255 g/mol. The first-order valence-corrected chi connectivity index (χ1v) is 5.72. The van der Waals surface area contributed by atoms with Gasteiger partial charge in [-0.2, -0.15) is 10.2 Å². The van der Waals surface area contributed by atoms with Gasteiger partial charge in [-0.3, -0.25) is 0 Å². The Hall–Kier alpha value is -2.69. The van der Waals surface area contributed by atoms with Crippen LogP contribution in [0.15, 0.2) is 64.8 Å². The summed E-state index contributed by atoms with van der Waals surface area (Å²) in [4.78, 5) is 10.6. The highest BCUT2D eigenvalue weighted by Gasteiger charge is 2.03. The molecule has 2 rings (SSSR count). The second-order valence-electron chi connectivity index (χ2n) is 3.77. The van der Waals surface area contributed by atoms with Crippen LogP contribution < -0.4 is 5.73 Å². The zero-order valence-corrected chi connectivity index (χ0v) is 10.2. The topological polar surface area (TPSA) is 77.0 Å². The standard InChI is InChI=1S/C14H13N3O2/c15-14(18)19-10-11-6-4-5-9-13(11)17-16-12-7-2-1-3-8-12/h1-9H,10H2,(H2,15,18). The molecule has 5 heteroatoms. The van der Waals surface area contributed by atoms with Crippen molar-refractivity contribution in [2.45, 2.75) is 6.61 Å². The molecule has 0 fully saturated rings. The molecular weight excluding hydrogens is 242 g/mol. The summed E-state index contributed by atoms with van der Waals surface area (Å²) >= 11 is 0. The lowest BCUT2D eigenvalue weighted by atomic mass is 10.2. The highest BCUT2D eigenvalue weighted by molar-refractivity contribution is 5.64. The minimum Gasteiger partial charge on any atom is -0.445 e. The van der Waals surface area contributed by atoms with Crippen LogP contribution in [0, 0.1) is 0 Å². The molecule has 2 aromatic carbocycles. The van der Waals surface area contributed by atoms with E-state index in [0.717, 1.165) is 11.3 Å². The van der Waals surface area contributed by atoms with Gasteiger partial charge in [0.05, 0.1) is 11.4 Å². The zero-order valence-electron chi connectivity index (χ0n) is 10.2. The lowest BCUT2D eigenvalue weighted by Gasteiger charge is -2.04. The molecule has 0 unspecified atom stereocenters. The van der Waals surface area contributed by atoms with Gasteiger partial charge in [-0.25, -0.2) is 4.79 Å². The number of hydrogen-bond donors (Lipinski definition) is 1. The van der Waals surface area contributed by atoms with Gasteiger partial charge in [-0.05, 0) is 18.2 Å². The number of hydrogen-bond acceptors (Lipinski definition) is 4. The number of amides is 1. The molecule has 1 amide bonds. The molecule has 0 saturated heterocycles. The van der Waals surface area contributed by atoms with Crippen molar-refractivity contribution in [3.8, 4) is 0 Å². The molecule has 0 aliphatic rings. The SMILES string of the molecule is NC(=O)OCc1ccccc1N=Nc1ccccc1. The van der Waals surface area contributed by atoms with Gasteiger partial charge in [0.15, 0.2) is 0 Å². The molecule has 0 aromatic heterocycles. The maximum absolute atomic E-state index is 10.6. The molecule has 0 aliphatic heterocycles. The summed E-state index contributed by atoms with van der Waals surface area (Å²) in [5.74, 6) is 0. The summed E-state index contributed by atoms with van der Waals surface area (Å²) in [5, 5.41) is 8.26. The summed E-state index contributed by atoms with van der Waals surface area (Å²) in [6.45, 7) is 0.0827. The van der Waals surface area contributed by atoms with Crippen LogP contribution in [0.5, 0.6) is 0 Å². The minimum absolute atomic E-state index is 0.0827. The van der Waals surface area contributed by atoms with Crippen LogP contribution in [-0.2, 0) is 11.3 Å². The summed E-state index contributed by atoms with van der Waals surface area (Å²) in [6.07, 6.45) is -0.810. The van der Waals surface area contributed by atoms with Gasteiger partial charge in [0.1, 0.15) is 6.61 Å². The number of azo groups is 1. The van der Waals surface area contributed by atoms with Crippen LogP contribution in [0.3, 0.4) is 0 Å². The molecular formula is C14H13N3O2. The third-order valence-corrected chi connectivity index (χ3v) is 2.39. The van der Waals surface area contributed by atoms with Crippen LogP contribution in [0.2, 0.25) is 0 Å². The van der Waals surface area contributed by atoms with Crippen LogP contribution in [0.4, 0.5) is 16.2 Å². The Kier molecular flexibility index (Phi) is 4.23. The number of carbonyl (C=O) groups is 1. The first-order valence-electron chi connectivity index (χ1n) is 5.72. The van der Waals surface area contributed by atoms with Gasteiger partial charge in [-0.1, -0.05) is 36.4 Å². The summed E-state index contributed by atoms with van der Waals surface area (Å²) < 4.78 is 4.76. The molecule has 0 atom stereocenters. The number of rotatable bonds is 4. The first kappa shape index (κ1) is 12.8. The Morgan fingerprint density at radius 2 is 1.68 bits per heavy atom. The average molecular weight is 255 g/mol. The van der Waals surface area contributed by atoms with E-state index < -0.39 is 6.09 Å². The predicted octanol–water partition coefficient (Wildman–Crippen LogP) is 3.70. The molecule has 19 heavy (non-hydrogen) atoms. The van der Waals surface area contributed by atoms with Crippen LogP contribution in [0.25, 0.3) is 0 Å². The molecule has 5 nitrogen and oxygen atoms in total. The van der Waals surface area contributed by atoms with E-state index >= 15 is 0 Å². The molecule has 2 N–H and O–H groups in total. The second-order valence-corrected chi connectivity index (χ2v) is 3.77. The van der Waals surface area contributed by atoms with Crippen LogP contribution in [-0.4, -0.2) is 6.09 Å². The van der Waals surface area contributed by atoms with Crippen molar-refractivity contribution in [1.29, 1.82) is 0 Å². The number of benzene rings is 2. The quantitative estimate of drug-likeness (QED) is 0.845. The number of carbonyl (C=O) groups excluding carboxylic acids is 1. The van der Waals surface area contributed by atoms with Gasteiger partial charge in [0, 0.05) is 5.56 Å². The Balaban J connectivity index is 2.16. The van der Waals surface area contributed by atoms with Crippen molar-refractivity contribution in [2.75, 3.05) is 0 Å². The molecule has 96 valence electrons. The van der Waals surface area contributed by atoms with Crippen molar-refractivity contribution in [2.24, 2.45) is 16.0 Å². The van der Waals surface area contributed by atoms with E-state index in [1.54, 1.807) is 6.07 Å². The van der Waals surface area contributed by atoms with Crippen LogP contribution >= 0.6 is 0 Å². The summed E-state index contributed by atoms with van der Waals surface area (Å²) in [7, 11) is 0. The van der Waals surface area contributed by atoms with E-state index in [4.69, 9.17) is 10.5 Å². The fourth-order valence-electron chi connectivity index (χ4n) is 1.49. The van der Waals surface area contributed by atoms with Crippen molar-refractivity contribution >= 4 is 17.5 Å². The van der Waals surface area contributed by atoms with Gasteiger partial charge in [0.25, 0.3) is 0 Å². The Morgan fingerprint density at radius 1 is 1.00 bits per heavy atom. The van der Waals surface area contributed by atoms with Crippen molar-refractivity contribution in [1.82, 2.24) is 0 Å². The maximum atomic E-state index is 10.6. The van der Waals surface area contributed by atoms with Crippen LogP contribution in [0.1, 0.15) is 5.56 Å². The van der Waals surface area contributed by atoms with E-state index in [0.29, 0.717) is 5.69 Å². The number of ether oxygens (including phenoxy) is 1. The summed E-state index contributed by atoms with van der Waals surface area (Å²) in [5.41, 5.74) is 7.09. The predicted molar refractivity (Wildman–Crippen MR) is 71.4 cm³/mol. The highest BCUT2D eigenvalue weighted by atomic mass is 16.5. The molecule has 0 saturated carbocycles. The maximum Gasteiger partial charge on any atom is 0.404 e. The van der Waals surface area contributed by atoms with Crippen molar-refractivity contribution in [3.05, 3.63) is 60.2 Å². The third-order valence-electron chi connectivity index (χ3n) is 2.39. The van der Waals surface area contributed by atoms with E-state index in [2.05, 4.69) is 10.2 Å². The fourth-order valence-corrected chi connectivity index (χ4v) is 1.49. The zero-order chi connectivity index (χ0) is 13.5. The van der Waals surface area contributed by atoms with E-state index in [1.165, 1.54) is 0 Å². The second kappa shape index (κ2) is 6.30. The number of nitrogens with zero attached hydrogens (tertiary/aromatic N) is 2. The Morgan fingerprint density at radius 3 is 2.42 bits per heavy atom. The number of primary amides is 1. The molecule has 0 spiro atoms. The molecule has 0 bridgehead atoms. The Labute approximate surface area is 110 Å². The summed E-state index contributed by atoms with van der Waals surface area (Å²) in [6, 6.07) is 16.7. The normalized spacial score (nSPS) is 10.5. The molecule has 2 aromatic rings. The largest absolute Gasteiger partial charge is 0.445 e. The molecule has 0 heterocycles. The van der Waals surface area contributed by atoms with E-state index in [1.807, 2.05) is 48.5 Å². The third kappa shape index (κ3) is 3.92. The van der Waals surface area contributed by atoms with Gasteiger partial charge < -0.3 is 10.5 Å². The first-order chi connectivity index (χ1) is 9.25. The van der Waals surface area contributed by atoms with Gasteiger partial charge in [0.2, 0.25) is 0 Å². The molecule has 0 aliphatic carbocycles.